The van der Waals surface area contributed by atoms with Crippen LogP contribution in [0.1, 0.15) is 31.0 Å². The molecule has 1 aliphatic rings. The highest BCUT2D eigenvalue weighted by Crippen LogP contribution is 2.27. The van der Waals surface area contributed by atoms with E-state index in [-0.39, 0.29) is 18.6 Å². The van der Waals surface area contributed by atoms with Crippen LogP contribution in [0.3, 0.4) is 0 Å². The van der Waals surface area contributed by atoms with Gasteiger partial charge in [-0.05, 0) is 13.3 Å². The zero-order chi connectivity index (χ0) is 9.26. The van der Waals surface area contributed by atoms with Crippen LogP contribution in [-0.2, 0) is 11.3 Å². The topological polar surface area (TPSA) is 68.4 Å². The highest BCUT2D eigenvalue weighted by molar-refractivity contribution is 4.96. The highest BCUT2D eigenvalue weighted by Gasteiger charge is 2.28. The van der Waals surface area contributed by atoms with Gasteiger partial charge in [0.2, 0.25) is 5.89 Å². The van der Waals surface area contributed by atoms with E-state index in [1.165, 1.54) is 0 Å². The molecule has 0 aliphatic carbocycles. The Kier molecular flexibility index (Phi) is 2.28. The number of aliphatic hydroxyl groups excluding tert-OH is 1. The fraction of sp³-hybridized carbons (Fsp3) is 0.750. The van der Waals surface area contributed by atoms with Crippen molar-refractivity contribution >= 4 is 0 Å². The molecule has 0 amide bonds. The first kappa shape index (κ1) is 8.65. The van der Waals surface area contributed by atoms with Crippen LogP contribution in [0.15, 0.2) is 4.52 Å². The normalized spacial score (nSPS) is 28.2. The molecular formula is C8H12N2O3. The fourth-order valence-electron chi connectivity index (χ4n) is 1.49. The Balaban J connectivity index is 2.08. The molecule has 0 saturated carbocycles. The summed E-state index contributed by atoms with van der Waals surface area (Å²) in [5, 5.41) is 12.3. The second-order valence-corrected chi connectivity index (χ2v) is 3.28. The second-order valence-electron chi connectivity index (χ2n) is 3.28. The summed E-state index contributed by atoms with van der Waals surface area (Å²) < 4.78 is 10.4. The Hall–Kier alpha value is -0.940. The van der Waals surface area contributed by atoms with Gasteiger partial charge in [-0.2, -0.15) is 4.98 Å². The minimum absolute atomic E-state index is 0.174. The summed E-state index contributed by atoms with van der Waals surface area (Å²) in [4.78, 5) is 4.04. The standard InChI is InChI=1S/C8H12N2O3/c1-5-2-6(4-12-5)8-9-7(3-11)10-13-8/h5-6,11H,2-4H2,1H3. The SMILES string of the molecule is CC1CC(c2nc(CO)no2)CO1. The molecule has 1 aliphatic heterocycles. The van der Waals surface area contributed by atoms with E-state index >= 15 is 0 Å². The number of hydrogen-bond donors (Lipinski definition) is 1. The summed E-state index contributed by atoms with van der Waals surface area (Å²) in [5.74, 6) is 1.12. The third-order valence-corrected chi connectivity index (χ3v) is 2.17. The quantitative estimate of drug-likeness (QED) is 0.722. The van der Waals surface area contributed by atoms with Crippen molar-refractivity contribution in [2.24, 2.45) is 0 Å². The van der Waals surface area contributed by atoms with E-state index in [1.807, 2.05) is 6.92 Å². The summed E-state index contributed by atoms with van der Waals surface area (Å²) in [5.41, 5.74) is 0. The van der Waals surface area contributed by atoms with Crippen LogP contribution >= 0.6 is 0 Å². The van der Waals surface area contributed by atoms with Gasteiger partial charge in [0.1, 0.15) is 6.61 Å². The summed E-state index contributed by atoms with van der Waals surface area (Å²) in [7, 11) is 0. The third kappa shape index (κ3) is 1.71. The maximum Gasteiger partial charge on any atom is 0.232 e. The van der Waals surface area contributed by atoms with E-state index in [4.69, 9.17) is 14.4 Å². The van der Waals surface area contributed by atoms with Gasteiger partial charge in [0.25, 0.3) is 0 Å². The van der Waals surface area contributed by atoms with Crippen LogP contribution in [-0.4, -0.2) is 28.0 Å². The number of aromatic nitrogens is 2. The van der Waals surface area contributed by atoms with Crippen molar-refractivity contribution in [1.82, 2.24) is 10.1 Å². The van der Waals surface area contributed by atoms with Gasteiger partial charge < -0.3 is 14.4 Å². The van der Waals surface area contributed by atoms with Gasteiger partial charge in [0, 0.05) is 0 Å². The summed E-state index contributed by atoms with van der Waals surface area (Å²) in [6.45, 7) is 2.48. The number of ether oxygens (including phenoxy) is 1. The first-order chi connectivity index (χ1) is 6.29. The van der Waals surface area contributed by atoms with Crippen molar-refractivity contribution in [3.8, 4) is 0 Å². The molecule has 1 aromatic rings. The Labute approximate surface area is 75.7 Å². The molecule has 2 heterocycles. The minimum Gasteiger partial charge on any atom is -0.388 e. The fourth-order valence-corrected chi connectivity index (χ4v) is 1.49. The highest BCUT2D eigenvalue weighted by atomic mass is 16.5. The molecule has 13 heavy (non-hydrogen) atoms. The first-order valence-corrected chi connectivity index (χ1v) is 4.34. The molecule has 2 unspecified atom stereocenters. The predicted molar refractivity (Wildman–Crippen MR) is 43.0 cm³/mol. The minimum atomic E-state index is -0.174. The molecular weight excluding hydrogens is 172 g/mol. The average molecular weight is 184 g/mol. The summed E-state index contributed by atoms with van der Waals surface area (Å²) in [6.07, 6.45) is 1.17. The summed E-state index contributed by atoms with van der Waals surface area (Å²) in [6, 6.07) is 0. The molecule has 0 radical (unpaired) electrons. The van der Waals surface area contributed by atoms with Crippen molar-refractivity contribution in [3.63, 3.8) is 0 Å². The van der Waals surface area contributed by atoms with Gasteiger partial charge in [-0.1, -0.05) is 5.16 Å². The first-order valence-electron chi connectivity index (χ1n) is 4.34. The lowest BCUT2D eigenvalue weighted by Gasteiger charge is -1.98. The molecule has 1 fully saturated rings. The Morgan fingerprint density at radius 1 is 1.62 bits per heavy atom. The van der Waals surface area contributed by atoms with E-state index in [0.29, 0.717) is 18.3 Å². The second kappa shape index (κ2) is 3.43. The zero-order valence-electron chi connectivity index (χ0n) is 7.43. The Morgan fingerprint density at radius 2 is 2.46 bits per heavy atom. The molecule has 5 nitrogen and oxygen atoms in total. The molecule has 72 valence electrons. The maximum atomic E-state index is 8.73. The van der Waals surface area contributed by atoms with Gasteiger partial charge >= 0.3 is 0 Å². The lowest BCUT2D eigenvalue weighted by molar-refractivity contribution is 0.122. The molecule has 5 heteroatoms. The number of nitrogens with zero attached hydrogens (tertiary/aromatic N) is 2. The van der Waals surface area contributed by atoms with Gasteiger partial charge in [-0.25, -0.2) is 0 Å². The Morgan fingerprint density at radius 3 is 3.00 bits per heavy atom. The van der Waals surface area contributed by atoms with E-state index in [2.05, 4.69) is 10.1 Å². The lowest BCUT2D eigenvalue weighted by Crippen LogP contribution is -1.98. The van der Waals surface area contributed by atoms with E-state index in [1.54, 1.807) is 0 Å². The van der Waals surface area contributed by atoms with Crippen molar-refractivity contribution in [1.29, 1.82) is 0 Å². The van der Waals surface area contributed by atoms with E-state index in [0.717, 1.165) is 6.42 Å². The van der Waals surface area contributed by atoms with Gasteiger partial charge in [0.15, 0.2) is 5.82 Å². The van der Waals surface area contributed by atoms with E-state index in [9.17, 15) is 0 Å². The number of rotatable bonds is 2. The molecule has 0 spiro atoms. The van der Waals surface area contributed by atoms with Gasteiger partial charge in [-0.15, -0.1) is 0 Å². The molecule has 0 aromatic carbocycles. The van der Waals surface area contributed by atoms with Crippen LogP contribution in [0.5, 0.6) is 0 Å². The van der Waals surface area contributed by atoms with Crippen LogP contribution in [0.25, 0.3) is 0 Å². The number of hydrogen-bond acceptors (Lipinski definition) is 5. The van der Waals surface area contributed by atoms with E-state index < -0.39 is 0 Å². The molecule has 2 rings (SSSR count). The number of aliphatic hydroxyl groups is 1. The third-order valence-electron chi connectivity index (χ3n) is 2.17. The zero-order valence-corrected chi connectivity index (χ0v) is 7.43. The van der Waals surface area contributed by atoms with Crippen molar-refractivity contribution < 1.29 is 14.4 Å². The monoisotopic (exact) mass is 184 g/mol. The van der Waals surface area contributed by atoms with Crippen LogP contribution in [0.2, 0.25) is 0 Å². The van der Waals surface area contributed by atoms with Gasteiger partial charge in [0.05, 0.1) is 18.6 Å². The van der Waals surface area contributed by atoms with Crippen molar-refractivity contribution in [2.45, 2.75) is 32.0 Å². The molecule has 1 saturated heterocycles. The van der Waals surface area contributed by atoms with Gasteiger partial charge in [-0.3, -0.25) is 0 Å². The van der Waals surface area contributed by atoms with Crippen LogP contribution in [0, 0.1) is 0 Å². The molecule has 1 aromatic heterocycles. The maximum absolute atomic E-state index is 8.73. The molecule has 2 atom stereocenters. The predicted octanol–water partition coefficient (Wildman–Crippen LogP) is 0.454. The summed E-state index contributed by atoms with van der Waals surface area (Å²) >= 11 is 0. The average Bonchev–Trinajstić information content (AvgIpc) is 2.71. The largest absolute Gasteiger partial charge is 0.388 e. The van der Waals surface area contributed by atoms with Crippen LogP contribution in [0.4, 0.5) is 0 Å². The van der Waals surface area contributed by atoms with Crippen LogP contribution < -0.4 is 0 Å². The molecule has 0 bridgehead atoms. The Bertz CT molecular complexity index is 287. The molecule has 1 N–H and O–H groups in total. The van der Waals surface area contributed by atoms with Crippen molar-refractivity contribution in [3.05, 3.63) is 11.7 Å². The lowest BCUT2D eigenvalue weighted by atomic mass is 10.1. The smallest absolute Gasteiger partial charge is 0.232 e. The van der Waals surface area contributed by atoms with Crippen molar-refractivity contribution in [2.75, 3.05) is 6.61 Å².